The van der Waals surface area contributed by atoms with Crippen molar-refractivity contribution in [1.82, 2.24) is 9.55 Å². The Bertz CT molecular complexity index is 564. The first kappa shape index (κ1) is 11.5. The summed E-state index contributed by atoms with van der Waals surface area (Å²) in [4.78, 5) is 15.8. The molecule has 0 unspecified atom stereocenters. The van der Waals surface area contributed by atoms with E-state index in [1.165, 1.54) is 0 Å². The molecule has 0 aliphatic carbocycles. The molecule has 17 heavy (non-hydrogen) atoms. The van der Waals surface area contributed by atoms with Crippen LogP contribution in [0.15, 0.2) is 30.6 Å². The minimum absolute atomic E-state index is 0.253. The van der Waals surface area contributed by atoms with Crippen molar-refractivity contribution in [3.63, 3.8) is 0 Å². The van der Waals surface area contributed by atoms with Crippen molar-refractivity contribution in [2.24, 2.45) is 7.05 Å². The first-order valence-electron chi connectivity index (χ1n) is 4.91. The van der Waals surface area contributed by atoms with Crippen LogP contribution in [0.2, 0.25) is 5.15 Å². The normalized spacial score (nSPS) is 10.2. The van der Waals surface area contributed by atoms with E-state index < -0.39 is 0 Å². The van der Waals surface area contributed by atoms with Gasteiger partial charge in [-0.15, -0.1) is 0 Å². The largest absolute Gasteiger partial charge is 0.397 e. The number of aromatic nitrogens is 2. The summed E-state index contributed by atoms with van der Waals surface area (Å²) in [6, 6.07) is 4.97. The van der Waals surface area contributed by atoms with E-state index >= 15 is 0 Å². The molecule has 0 atom stereocenters. The molecule has 3 N–H and O–H groups in total. The number of carbonyl (C=O) groups is 1. The van der Waals surface area contributed by atoms with Crippen LogP contribution in [0.4, 0.5) is 11.4 Å². The third kappa shape index (κ3) is 2.39. The van der Waals surface area contributed by atoms with Gasteiger partial charge < -0.3 is 15.6 Å². The van der Waals surface area contributed by atoms with Gasteiger partial charge in [-0.2, -0.15) is 0 Å². The van der Waals surface area contributed by atoms with Crippen LogP contribution in [-0.2, 0) is 7.05 Å². The summed E-state index contributed by atoms with van der Waals surface area (Å²) in [5.74, 6) is -0.279. The van der Waals surface area contributed by atoms with Gasteiger partial charge >= 0.3 is 0 Å². The fourth-order valence-electron chi connectivity index (χ4n) is 1.48. The molecule has 0 bridgehead atoms. The van der Waals surface area contributed by atoms with E-state index in [9.17, 15) is 4.79 Å². The number of pyridine rings is 1. The third-order valence-electron chi connectivity index (χ3n) is 2.27. The van der Waals surface area contributed by atoms with Gasteiger partial charge in [0.2, 0.25) is 0 Å². The summed E-state index contributed by atoms with van der Waals surface area (Å²) in [6.07, 6.45) is 3.22. The predicted octanol–water partition coefficient (Wildman–Crippen LogP) is 1.91. The average molecular weight is 251 g/mol. The number of nitrogen functional groups attached to an aromatic ring is 1. The topological polar surface area (TPSA) is 72.9 Å². The molecule has 0 fully saturated rings. The molecule has 5 nitrogen and oxygen atoms in total. The van der Waals surface area contributed by atoms with Crippen molar-refractivity contribution in [3.8, 4) is 0 Å². The standard InChI is InChI=1S/C11H11ClN4O/c1-16-6-7(13)5-9(16)11(17)15-8-3-2-4-14-10(8)12/h2-6H,13H2,1H3,(H,15,17). The number of carbonyl (C=O) groups excluding carboxylic acids is 1. The fourth-order valence-corrected chi connectivity index (χ4v) is 1.65. The van der Waals surface area contributed by atoms with Crippen LogP contribution in [0.3, 0.4) is 0 Å². The van der Waals surface area contributed by atoms with Crippen LogP contribution >= 0.6 is 11.6 Å². The lowest BCUT2D eigenvalue weighted by Gasteiger charge is -2.06. The fraction of sp³-hybridized carbons (Fsp3) is 0.0909. The second kappa shape index (κ2) is 4.47. The van der Waals surface area contributed by atoms with Gasteiger partial charge in [0.15, 0.2) is 5.15 Å². The smallest absolute Gasteiger partial charge is 0.272 e. The molecule has 2 aromatic heterocycles. The van der Waals surface area contributed by atoms with Crippen LogP contribution in [0.1, 0.15) is 10.5 Å². The van der Waals surface area contributed by atoms with Gasteiger partial charge in [0.1, 0.15) is 5.69 Å². The maximum atomic E-state index is 11.9. The number of aryl methyl sites for hydroxylation is 1. The first-order chi connectivity index (χ1) is 8.08. The van der Waals surface area contributed by atoms with Crippen LogP contribution in [-0.4, -0.2) is 15.5 Å². The first-order valence-corrected chi connectivity index (χ1v) is 5.29. The number of nitrogens with two attached hydrogens (primary N) is 1. The lowest BCUT2D eigenvalue weighted by molar-refractivity contribution is 0.101. The molecule has 0 saturated heterocycles. The van der Waals surface area contributed by atoms with Gasteiger partial charge in [0.05, 0.1) is 11.4 Å². The second-order valence-corrected chi connectivity index (χ2v) is 3.92. The summed E-state index contributed by atoms with van der Waals surface area (Å²) in [5.41, 5.74) is 7.07. The number of hydrogen-bond acceptors (Lipinski definition) is 3. The van der Waals surface area contributed by atoms with Crippen LogP contribution in [0.5, 0.6) is 0 Å². The molecular formula is C11H11ClN4O. The lowest BCUT2D eigenvalue weighted by Crippen LogP contribution is -2.15. The number of rotatable bonds is 2. The average Bonchev–Trinajstić information content (AvgIpc) is 2.61. The van der Waals surface area contributed by atoms with E-state index in [1.54, 1.807) is 42.2 Å². The third-order valence-corrected chi connectivity index (χ3v) is 2.57. The molecule has 0 saturated carbocycles. The van der Waals surface area contributed by atoms with Crippen LogP contribution in [0, 0.1) is 0 Å². The Morgan fingerprint density at radius 1 is 1.59 bits per heavy atom. The summed E-state index contributed by atoms with van der Waals surface area (Å²) in [5, 5.41) is 2.92. The van der Waals surface area contributed by atoms with Gasteiger partial charge in [-0.3, -0.25) is 4.79 Å². The molecule has 1 amide bonds. The van der Waals surface area contributed by atoms with Crippen molar-refractivity contribution < 1.29 is 4.79 Å². The Balaban J connectivity index is 2.23. The van der Waals surface area contributed by atoms with Gasteiger partial charge in [-0.1, -0.05) is 11.6 Å². The van der Waals surface area contributed by atoms with Crippen LogP contribution < -0.4 is 11.1 Å². The predicted molar refractivity (Wildman–Crippen MR) is 67.0 cm³/mol. The highest BCUT2D eigenvalue weighted by molar-refractivity contribution is 6.32. The van der Waals surface area contributed by atoms with Crippen molar-refractivity contribution in [3.05, 3.63) is 41.4 Å². The van der Waals surface area contributed by atoms with Crippen molar-refractivity contribution in [2.75, 3.05) is 11.1 Å². The number of hydrogen-bond donors (Lipinski definition) is 2. The number of halogens is 1. The summed E-state index contributed by atoms with van der Waals surface area (Å²) in [7, 11) is 1.75. The van der Waals surface area contributed by atoms with Gasteiger partial charge in [0.25, 0.3) is 5.91 Å². The summed E-state index contributed by atoms with van der Waals surface area (Å²) < 4.78 is 1.65. The van der Waals surface area contributed by atoms with E-state index in [4.69, 9.17) is 17.3 Å². The molecule has 2 rings (SSSR count). The maximum absolute atomic E-state index is 11.9. The Labute approximate surface area is 103 Å². The highest BCUT2D eigenvalue weighted by Gasteiger charge is 2.12. The minimum Gasteiger partial charge on any atom is -0.397 e. The van der Waals surface area contributed by atoms with E-state index in [-0.39, 0.29) is 11.1 Å². The molecule has 0 aliphatic heterocycles. The van der Waals surface area contributed by atoms with Crippen molar-refractivity contribution in [2.45, 2.75) is 0 Å². The second-order valence-electron chi connectivity index (χ2n) is 3.57. The molecule has 0 spiro atoms. The Hall–Kier alpha value is -2.01. The number of nitrogens with zero attached hydrogens (tertiary/aromatic N) is 2. The van der Waals surface area contributed by atoms with Gasteiger partial charge in [0, 0.05) is 19.4 Å². The molecular weight excluding hydrogens is 240 g/mol. The quantitative estimate of drug-likeness (QED) is 0.800. The summed E-state index contributed by atoms with van der Waals surface area (Å²) in [6.45, 7) is 0. The summed E-state index contributed by atoms with van der Waals surface area (Å²) >= 11 is 5.84. The number of amides is 1. The van der Waals surface area contributed by atoms with E-state index in [2.05, 4.69) is 10.3 Å². The van der Waals surface area contributed by atoms with Gasteiger partial charge in [-0.05, 0) is 18.2 Å². The van der Waals surface area contributed by atoms with Crippen molar-refractivity contribution in [1.29, 1.82) is 0 Å². The maximum Gasteiger partial charge on any atom is 0.272 e. The molecule has 0 aromatic carbocycles. The van der Waals surface area contributed by atoms with Crippen LogP contribution in [0.25, 0.3) is 0 Å². The lowest BCUT2D eigenvalue weighted by atomic mass is 10.3. The Morgan fingerprint density at radius 2 is 2.35 bits per heavy atom. The Kier molecular flexibility index (Phi) is 3.01. The monoisotopic (exact) mass is 250 g/mol. The molecule has 0 radical (unpaired) electrons. The molecule has 2 aromatic rings. The minimum atomic E-state index is -0.279. The Morgan fingerprint density at radius 3 is 2.94 bits per heavy atom. The van der Waals surface area contributed by atoms with Crippen molar-refractivity contribution >= 4 is 28.9 Å². The molecule has 88 valence electrons. The highest BCUT2D eigenvalue weighted by Crippen LogP contribution is 2.19. The zero-order valence-corrected chi connectivity index (χ0v) is 9.90. The molecule has 6 heteroatoms. The zero-order chi connectivity index (χ0) is 12.4. The number of anilines is 2. The van der Waals surface area contributed by atoms with E-state index in [0.717, 1.165) is 0 Å². The zero-order valence-electron chi connectivity index (χ0n) is 9.14. The van der Waals surface area contributed by atoms with Gasteiger partial charge in [-0.25, -0.2) is 4.98 Å². The highest BCUT2D eigenvalue weighted by atomic mass is 35.5. The number of nitrogens with one attached hydrogen (secondary N) is 1. The molecule has 0 aliphatic rings. The van der Waals surface area contributed by atoms with E-state index in [0.29, 0.717) is 17.1 Å². The SMILES string of the molecule is Cn1cc(N)cc1C(=O)Nc1cccnc1Cl. The molecule has 2 heterocycles. The van der Waals surface area contributed by atoms with E-state index in [1.807, 2.05) is 0 Å².